The van der Waals surface area contributed by atoms with Crippen LogP contribution in [0.2, 0.25) is 0 Å². The first-order chi connectivity index (χ1) is 13.4. The summed E-state index contributed by atoms with van der Waals surface area (Å²) >= 11 is 0. The molecule has 0 bridgehead atoms. The van der Waals surface area contributed by atoms with Crippen LogP contribution in [0.4, 0.5) is 0 Å². The zero-order valence-electron chi connectivity index (χ0n) is 21.6. The minimum Gasteiger partial charge on any atom is -0.0602 e. The van der Waals surface area contributed by atoms with E-state index in [4.69, 9.17) is 0 Å². The highest BCUT2D eigenvalue weighted by atomic mass is 14.2. The van der Waals surface area contributed by atoms with Crippen molar-refractivity contribution < 1.29 is 0 Å². The van der Waals surface area contributed by atoms with E-state index in [9.17, 15) is 0 Å². The Morgan fingerprint density at radius 3 is 1.38 bits per heavy atom. The highest BCUT2D eigenvalue weighted by molar-refractivity contribution is 5.45. The summed E-state index contributed by atoms with van der Waals surface area (Å²) in [5.41, 5.74) is 8.93. The van der Waals surface area contributed by atoms with Crippen molar-refractivity contribution in [2.75, 3.05) is 0 Å². The molecule has 0 saturated heterocycles. The van der Waals surface area contributed by atoms with Crippen molar-refractivity contribution in [2.24, 2.45) is 10.8 Å². The fourth-order valence-electron chi connectivity index (χ4n) is 4.53. The van der Waals surface area contributed by atoms with Gasteiger partial charge in [-0.2, -0.15) is 0 Å². The number of unbranched alkanes of at least 4 members (excludes halogenated alkanes) is 6. The molecule has 0 spiro atoms. The van der Waals surface area contributed by atoms with Gasteiger partial charge in [0.05, 0.1) is 0 Å². The summed E-state index contributed by atoms with van der Waals surface area (Å²) in [5.74, 6) is 0. The predicted octanol–water partition coefficient (Wildman–Crippen LogP) is 9.69. The molecule has 1 rings (SSSR count). The lowest BCUT2D eigenvalue weighted by atomic mass is 9.86. The molecule has 0 unspecified atom stereocenters. The van der Waals surface area contributed by atoms with Crippen LogP contribution in [0, 0.1) is 31.6 Å². The van der Waals surface area contributed by atoms with Crippen molar-refractivity contribution in [3.63, 3.8) is 0 Å². The van der Waals surface area contributed by atoms with E-state index >= 15 is 0 Å². The van der Waals surface area contributed by atoms with E-state index in [1.54, 1.807) is 16.7 Å². The summed E-state index contributed by atoms with van der Waals surface area (Å²) in [6, 6.07) is 2.43. The minimum atomic E-state index is 0.490. The molecule has 0 saturated carbocycles. The summed E-state index contributed by atoms with van der Waals surface area (Å²) in [7, 11) is 0. The average Bonchev–Trinajstić information content (AvgIpc) is 2.57. The molecule has 0 N–H and O–H groups in total. The van der Waals surface area contributed by atoms with Gasteiger partial charge in [0, 0.05) is 0 Å². The molecule has 0 nitrogen and oxygen atoms in total. The fraction of sp³-hybridized carbons (Fsp3) is 0.793. The van der Waals surface area contributed by atoms with Crippen LogP contribution in [-0.2, 0) is 12.8 Å². The molecule has 0 heteroatoms. The summed E-state index contributed by atoms with van der Waals surface area (Å²) in [4.78, 5) is 0. The largest absolute Gasteiger partial charge is 0.0602 e. The van der Waals surface area contributed by atoms with Gasteiger partial charge in [-0.1, -0.05) is 86.1 Å². The van der Waals surface area contributed by atoms with Gasteiger partial charge in [0.25, 0.3) is 0 Å². The minimum absolute atomic E-state index is 0.490. The van der Waals surface area contributed by atoms with Gasteiger partial charge in [-0.3, -0.25) is 0 Å². The van der Waals surface area contributed by atoms with Crippen LogP contribution < -0.4 is 0 Å². The number of hydrogen-bond donors (Lipinski definition) is 0. The highest BCUT2D eigenvalue weighted by Crippen LogP contribution is 2.28. The van der Waals surface area contributed by atoms with E-state index in [2.05, 4.69) is 68.4 Å². The molecule has 0 aliphatic carbocycles. The predicted molar refractivity (Wildman–Crippen MR) is 133 cm³/mol. The second kappa shape index (κ2) is 12.2. The first-order valence-electron chi connectivity index (χ1n) is 12.5. The topological polar surface area (TPSA) is 0 Å². The molecule has 0 amide bonds. The Kier molecular flexibility index (Phi) is 11.0. The second-order valence-electron chi connectivity index (χ2n) is 12.0. The Bertz CT molecular complexity index is 592. The Morgan fingerprint density at radius 1 is 0.517 bits per heavy atom. The van der Waals surface area contributed by atoms with Crippen LogP contribution in [-0.4, -0.2) is 0 Å². The third-order valence-corrected chi connectivity index (χ3v) is 6.52. The van der Waals surface area contributed by atoms with Gasteiger partial charge in [0.2, 0.25) is 0 Å². The second-order valence-corrected chi connectivity index (χ2v) is 12.0. The quantitative estimate of drug-likeness (QED) is 0.306. The van der Waals surface area contributed by atoms with Gasteiger partial charge in [0.1, 0.15) is 0 Å². The summed E-state index contributed by atoms with van der Waals surface area (Å²) in [5, 5.41) is 0. The van der Waals surface area contributed by atoms with Crippen LogP contribution in [0.3, 0.4) is 0 Å². The molecule has 0 fully saturated rings. The maximum Gasteiger partial charge on any atom is -0.0273 e. The van der Waals surface area contributed by atoms with E-state index in [-0.39, 0.29) is 0 Å². The molecule has 168 valence electrons. The Balaban J connectivity index is 2.54. The van der Waals surface area contributed by atoms with Crippen LogP contribution >= 0.6 is 0 Å². The van der Waals surface area contributed by atoms with Gasteiger partial charge in [-0.15, -0.1) is 0 Å². The van der Waals surface area contributed by atoms with Crippen molar-refractivity contribution in [2.45, 2.75) is 139 Å². The van der Waals surface area contributed by atoms with Crippen molar-refractivity contribution in [3.05, 3.63) is 33.9 Å². The summed E-state index contributed by atoms with van der Waals surface area (Å²) < 4.78 is 0. The van der Waals surface area contributed by atoms with Crippen LogP contribution in [0.5, 0.6) is 0 Å². The van der Waals surface area contributed by atoms with E-state index in [0.29, 0.717) is 10.8 Å². The average molecular weight is 401 g/mol. The van der Waals surface area contributed by atoms with E-state index in [0.717, 1.165) is 0 Å². The molecular weight excluding hydrogens is 348 g/mol. The normalized spacial score (nSPS) is 12.6. The van der Waals surface area contributed by atoms with Crippen LogP contribution in [0.1, 0.15) is 134 Å². The standard InChI is InChI=1S/C29H52/c1-23-22-24(2)26(18-14-10-12-16-20-28(4,5)6)27(25(23)3)19-15-11-13-17-21-29(7,8)9/h22H,10-21H2,1-9H3. The molecular formula is C29H52. The molecule has 0 radical (unpaired) electrons. The molecule has 1 aromatic carbocycles. The number of hydrogen-bond acceptors (Lipinski definition) is 0. The number of rotatable bonds is 12. The molecule has 29 heavy (non-hydrogen) atoms. The molecule has 0 heterocycles. The van der Waals surface area contributed by atoms with Gasteiger partial charge >= 0.3 is 0 Å². The Hall–Kier alpha value is -0.780. The Morgan fingerprint density at radius 2 is 0.931 bits per heavy atom. The highest BCUT2D eigenvalue weighted by Gasteiger charge is 2.13. The van der Waals surface area contributed by atoms with Gasteiger partial charge in [0.15, 0.2) is 0 Å². The molecule has 0 atom stereocenters. The van der Waals surface area contributed by atoms with Crippen molar-refractivity contribution in [1.29, 1.82) is 0 Å². The van der Waals surface area contributed by atoms with E-state index < -0.39 is 0 Å². The first kappa shape index (κ1) is 26.3. The fourth-order valence-corrected chi connectivity index (χ4v) is 4.53. The van der Waals surface area contributed by atoms with E-state index in [1.165, 1.54) is 88.2 Å². The Labute approximate surface area is 184 Å². The van der Waals surface area contributed by atoms with Crippen molar-refractivity contribution >= 4 is 0 Å². The van der Waals surface area contributed by atoms with Crippen molar-refractivity contribution in [3.8, 4) is 0 Å². The third kappa shape index (κ3) is 11.3. The lowest BCUT2D eigenvalue weighted by Gasteiger charge is -2.19. The maximum absolute atomic E-state index is 2.43. The maximum atomic E-state index is 2.43. The van der Waals surface area contributed by atoms with Crippen LogP contribution in [0.15, 0.2) is 6.07 Å². The molecule has 0 aliphatic heterocycles. The zero-order valence-corrected chi connectivity index (χ0v) is 21.6. The van der Waals surface area contributed by atoms with Crippen LogP contribution in [0.25, 0.3) is 0 Å². The number of aryl methyl sites for hydroxylation is 2. The zero-order chi connectivity index (χ0) is 22.1. The molecule has 0 aromatic heterocycles. The lowest BCUT2D eigenvalue weighted by molar-refractivity contribution is 0.356. The van der Waals surface area contributed by atoms with E-state index in [1.807, 2.05) is 0 Å². The van der Waals surface area contributed by atoms with Gasteiger partial charge in [-0.25, -0.2) is 0 Å². The first-order valence-corrected chi connectivity index (χ1v) is 12.5. The summed E-state index contributed by atoms with van der Waals surface area (Å²) in [6.07, 6.45) is 16.3. The lowest BCUT2D eigenvalue weighted by Crippen LogP contribution is -2.05. The van der Waals surface area contributed by atoms with Crippen molar-refractivity contribution in [1.82, 2.24) is 0 Å². The SMILES string of the molecule is Cc1cc(C)c(CCCCCCC(C)(C)C)c(CCCCCCC(C)(C)C)c1C. The van der Waals surface area contributed by atoms with Gasteiger partial charge < -0.3 is 0 Å². The smallest absolute Gasteiger partial charge is 0.0273 e. The van der Waals surface area contributed by atoms with Gasteiger partial charge in [-0.05, 0) is 97.9 Å². The molecule has 0 aliphatic rings. The monoisotopic (exact) mass is 400 g/mol. The summed E-state index contributed by atoms with van der Waals surface area (Å²) in [6.45, 7) is 21.2. The number of benzene rings is 1. The molecule has 1 aromatic rings. The third-order valence-electron chi connectivity index (χ3n) is 6.52.